The summed E-state index contributed by atoms with van der Waals surface area (Å²) in [4.78, 5) is 14.1. The molecular formula is C21H22ClN5O2S. The fourth-order valence-electron chi connectivity index (χ4n) is 3.55. The summed E-state index contributed by atoms with van der Waals surface area (Å²) in [6.45, 7) is 4.85. The number of hydrogen-bond acceptors (Lipinski definition) is 6. The maximum Gasteiger partial charge on any atom is 0.256 e. The topological polar surface area (TPSA) is 92.8 Å². The third-order valence-corrected chi connectivity index (χ3v) is 6.44. The van der Waals surface area contributed by atoms with E-state index in [9.17, 15) is 4.79 Å². The molecule has 30 heavy (non-hydrogen) atoms. The minimum Gasteiger partial charge on any atom is -0.494 e. The van der Waals surface area contributed by atoms with E-state index in [0.29, 0.717) is 22.9 Å². The highest BCUT2D eigenvalue weighted by atomic mass is 35.5. The van der Waals surface area contributed by atoms with Crippen molar-refractivity contribution in [1.29, 1.82) is 0 Å². The number of H-pyrrole nitrogens is 1. The van der Waals surface area contributed by atoms with Gasteiger partial charge in [-0.3, -0.25) is 4.79 Å². The highest BCUT2D eigenvalue weighted by Gasteiger charge is 2.39. The molecule has 9 heteroatoms. The van der Waals surface area contributed by atoms with Crippen LogP contribution in [0.4, 0.5) is 0 Å². The van der Waals surface area contributed by atoms with Crippen LogP contribution >= 0.6 is 22.9 Å². The quantitative estimate of drug-likeness (QED) is 0.526. The molecule has 1 amide bonds. The van der Waals surface area contributed by atoms with Crippen LogP contribution in [0, 0.1) is 0 Å². The van der Waals surface area contributed by atoms with Crippen molar-refractivity contribution in [1.82, 2.24) is 25.9 Å². The van der Waals surface area contributed by atoms with Gasteiger partial charge in [-0.15, -0.1) is 21.5 Å². The van der Waals surface area contributed by atoms with Gasteiger partial charge in [0.1, 0.15) is 5.75 Å². The SMILES string of the molecule is CCCCOc1ccc([C@]2(C)CC(c3ccc(Cl)s3)=C(c3nn[nH]n3)C(=O)N2)cc1. The largest absolute Gasteiger partial charge is 0.494 e. The van der Waals surface area contributed by atoms with Crippen molar-refractivity contribution >= 4 is 40.0 Å². The molecule has 1 aliphatic rings. The maximum atomic E-state index is 13.2. The molecule has 0 spiro atoms. The lowest BCUT2D eigenvalue weighted by atomic mass is 9.80. The van der Waals surface area contributed by atoms with Gasteiger partial charge >= 0.3 is 0 Å². The van der Waals surface area contributed by atoms with E-state index in [2.05, 4.69) is 32.9 Å². The Morgan fingerprint density at radius 1 is 1.23 bits per heavy atom. The Balaban J connectivity index is 1.69. The van der Waals surface area contributed by atoms with Gasteiger partial charge in [-0.05, 0) is 54.0 Å². The van der Waals surface area contributed by atoms with Crippen molar-refractivity contribution < 1.29 is 9.53 Å². The molecule has 3 heterocycles. The first-order valence-electron chi connectivity index (χ1n) is 9.78. The molecule has 1 aliphatic heterocycles. The number of benzene rings is 1. The first-order chi connectivity index (χ1) is 14.5. The molecule has 7 nitrogen and oxygen atoms in total. The lowest BCUT2D eigenvalue weighted by Crippen LogP contribution is -2.47. The molecule has 2 aromatic heterocycles. The highest BCUT2D eigenvalue weighted by Crippen LogP contribution is 2.43. The van der Waals surface area contributed by atoms with Gasteiger partial charge in [0, 0.05) is 11.3 Å². The summed E-state index contributed by atoms with van der Waals surface area (Å²) < 4.78 is 6.42. The van der Waals surface area contributed by atoms with Gasteiger partial charge in [-0.25, -0.2) is 0 Å². The Kier molecular flexibility index (Phi) is 5.87. The number of nitrogens with zero attached hydrogens (tertiary/aromatic N) is 3. The summed E-state index contributed by atoms with van der Waals surface area (Å²) in [6, 6.07) is 11.6. The van der Waals surface area contributed by atoms with Crippen molar-refractivity contribution in [3.63, 3.8) is 0 Å². The third-order valence-electron chi connectivity index (χ3n) is 5.15. The molecule has 0 saturated heterocycles. The Bertz CT molecular complexity index is 1060. The number of aromatic nitrogens is 4. The summed E-state index contributed by atoms with van der Waals surface area (Å²) in [5, 5.41) is 17.2. The van der Waals surface area contributed by atoms with E-state index in [4.69, 9.17) is 16.3 Å². The number of hydrogen-bond donors (Lipinski definition) is 2. The standard InChI is InChI=1S/C21H22ClN5O2S/c1-3-4-11-29-14-7-5-13(6-8-14)21(2)12-15(16-9-10-17(22)30-16)18(20(28)23-21)19-24-26-27-25-19/h5-10H,3-4,11-12H2,1-2H3,(H,23,28)(H,24,25,26,27)/t21-/m0/s1. The monoisotopic (exact) mass is 443 g/mol. The van der Waals surface area contributed by atoms with E-state index in [0.717, 1.165) is 34.6 Å². The molecule has 0 fully saturated rings. The normalized spacial score (nSPS) is 19.1. The molecule has 2 N–H and O–H groups in total. The Morgan fingerprint density at radius 3 is 2.67 bits per heavy atom. The summed E-state index contributed by atoms with van der Waals surface area (Å²) in [5.74, 6) is 0.855. The van der Waals surface area contributed by atoms with Crippen LogP contribution in [0.2, 0.25) is 4.34 Å². The van der Waals surface area contributed by atoms with E-state index >= 15 is 0 Å². The predicted octanol–water partition coefficient (Wildman–Crippen LogP) is 4.44. The van der Waals surface area contributed by atoms with Gasteiger partial charge in [-0.2, -0.15) is 5.21 Å². The van der Waals surface area contributed by atoms with Crippen molar-refractivity contribution in [2.24, 2.45) is 0 Å². The van der Waals surface area contributed by atoms with E-state index < -0.39 is 5.54 Å². The molecule has 0 unspecified atom stereocenters. The Hall–Kier alpha value is -2.71. The number of unbranched alkanes of at least 4 members (excludes halogenated alkanes) is 1. The average molecular weight is 444 g/mol. The highest BCUT2D eigenvalue weighted by molar-refractivity contribution is 7.17. The molecule has 156 valence electrons. The number of carbonyl (C=O) groups is 1. The fraction of sp³-hybridized carbons (Fsp3) is 0.333. The summed E-state index contributed by atoms with van der Waals surface area (Å²) in [6.07, 6.45) is 2.67. The van der Waals surface area contributed by atoms with Gasteiger partial charge in [-0.1, -0.05) is 37.1 Å². The smallest absolute Gasteiger partial charge is 0.256 e. The van der Waals surface area contributed by atoms with Crippen molar-refractivity contribution in [3.8, 4) is 5.75 Å². The van der Waals surface area contributed by atoms with E-state index in [-0.39, 0.29) is 11.7 Å². The summed E-state index contributed by atoms with van der Waals surface area (Å²) in [5.41, 5.74) is 1.66. The number of carbonyl (C=O) groups excluding carboxylic acids is 1. The van der Waals surface area contributed by atoms with Gasteiger partial charge < -0.3 is 10.1 Å². The second-order valence-electron chi connectivity index (χ2n) is 7.38. The average Bonchev–Trinajstić information content (AvgIpc) is 3.40. The number of rotatable bonds is 7. The minimum absolute atomic E-state index is 0.243. The Labute approximate surface area is 183 Å². The van der Waals surface area contributed by atoms with Crippen LogP contribution < -0.4 is 10.1 Å². The lowest BCUT2D eigenvalue weighted by molar-refractivity contribution is -0.117. The van der Waals surface area contributed by atoms with Crippen molar-refractivity contribution in [2.75, 3.05) is 6.61 Å². The van der Waals surface area contributed by atoms with Crippen LogP contribution in [-0.2, 0) is 10.3 Å². The van der Waals surface area contributed by atoms with Crippen LogP contribution in [0.5, 0.6) is 5.75 Å². The van der Waals surface area contributed by atoms with Crippen LogP contribution in [0.1, 0.15) is 49.4 Å². The fourth-order valence-corrected chi connectivity index (χ4v) is 4.65. The van der Waals surface area contributed by atoms with E-state index in [1.54, 1.807) is 0 Å². The molecule has 4 rings (SSSR count). The zero-order chi connectivity index (χ0) is 21.1. The van der Waals surface area contributed by atoms with Gasteiger partial charge in [0.2, 0.25) is 5.82 Å². The second kappa shape index (κ2) is 8.57. The second-order valence-corrected chi connectivity index (χ2v) is 9.10. The number of amides is 1. The van der Waals surface area contributed by atoms with Crippen molar-refractivity contribution in [3.05, 3.63) is 57.0 Å². The van der Waals surface area contributed by atoms with Crippen molar-refractivity contribution in [2.45, 2.75) is 38.6 Å². The van der Waals surface area contributed by atoms with Crippen LogP contribution in [-0.4, -0.2) is 33.1 Å². The predicted molar refractivity (Wildman–Crippen MR) is 117 cm³/mol. The zero-order valence-corrected chi connectivity index (χ0v) is 18.3. The number of nitrogens with one attached hydrogen (secondary N) is 2. The van der Waals surface area contributed by atoms with Crippen LogP contribution in [0.25, 0.3) is 11.1 Å². The Morgan fingerprint density at radius 2 is 2.03 bits per heavy atom. The zero-order valence-electron chi connectivity index (χ0n) is 16.7. The van der Waals surface area contributed by atoms with Gasteiger partial charge in [0.15, 0.2) is 0 Å². The lowest BCUT2D eigenvalue weighted by Gasteiger charge is -2.37. The molecule has 0 aliphatic carbocycles. The molecule has 0 radical (unpaired) electrons. The molecule has 1 aromatic carbocycles. The van der Waals surface area contributed by atoms with Gasteiger partial charge in [0.25, 0.3) is 5.91 Å². The molecule has 0 saturated carbocycles. The van der Waals surface area contributed by atoms with E-state index in [1.165, 1.54) is 11.3 Å². The van der Waals surface area contributed by atoms with Gasteiger partial charge in [0.05, 0.1) is 22.1 Å². The third kappa shape index (κ3) is 4.11. The first-order valence-corrected chi connectivity index (χ1v) is 11.0. The summed E-state index contributed by atoms with van der Waals surface area (Å²) >= 11 is 7.61. The number of thiophene rings is 1. The maximum absolute atomic E-state index is 13.2. The number of ether oxygens (including phenoxy) is 1. The minimum atomic E-state index is -0.599. The summed E-state index contributed by atoms with van der Waals surface area (Å²) in [7, 11) is 0. The van der Waals surface area contributed by atoms with Crippen LogP contribution in [0.3, 0.4) is 0 Å². The number of aromatic amines is 1. The molecule has 1 atom stereocenters. The number of halogens is 1. The molecular weight excluding hydrogens is 422 g/mol. The molecule has 0 bridgehead atoms. The first kappa shape index (κ1) is 20.6. The van der Waals surface area contributed by atoms with Crippen LogP contribution in [0.15, 0.2) is 36.4 Å². The molecule has 3 aromatic rings. The number of tetrazole rings is 1. The van der Waals surface area contributed by atoms with E-state index in [1.807, 2.05) is 43.3 Å².